The summed E-state index contributed by atoms with van der Waals surface area (Å²) in [6.07, 6.45) is 13.0. The summed E-state index contributed by atoms with van der Waals surface area (Å²) in [5.74, 6) is 1.02. The molecule has 0 fully saturated rings. The Morgan fingerprint density at radius 2 is 2.15 bits per heavy atom. The highest BCUT2D eigenvalue weighted by Crippen LogP contribution is 2.31. The lowest BCUT2D eigenvalue weighted by molar-refractivity contribution is -0.115. The van der Waals surface area contributed by atoms with Crippen LogP contribution in [0.5, 0.6) is 0 Å². The molecule has 0 amide bonds. The van der Waals surface area contributed by atoms with Crippen molar-refractivity contribution in [3.8, 4) is 0 Å². The number of carbonyl (C=O) groups is 1. The van der Waals surface area contributed by atoms with Gasteiger partial charge in [-0.1, -0.05) is 17.7 Å². The highest BCUT2D eigenvalue weighted by Gasteiger charge is 2.20. The van der Waals surface area contributed by atoms with Crippen molar-refractivity contribution >= 4 is 5.78 Å². The van der Waals surface area contributed by atoms with Crippen molar-refractivity contribution in [2.75, 3.05) is 0 Å². The van der Waals surface area contributed by atoms with E-state index in [4.69, 9.17) is 0 Å². The van der Waals surface area contributed by atoms with Crippen molar-refractivity contribution in [2.24, 2.45) is 5.92 Å². The molecular weight excluding hydrogens is 160 g/mol. The minimum Gasteiger partial charge on any atom is -0.295 e. The lowest BCUT2D eigenvalue weighted by Gasteiger charge is -2.23. The highest BCUT2D eigenvalue weighted by atomic mass is 16.1. The van der Waals surface area contributed by atoms with Crippen LogP contribution in [0.2, 0.25) is 0 Å². The number of rotatable bonds is 0. The second-order valence-electron chi connectivity index (χ2n) is 4.02. The maximum absolute atomic E-state index is 11.2. The van der Waals surface area contributed by atoms with Crippen LogP contribution in [0.4, 0.5) is 0 Å². The molecule has 1 nitrogen and oxygen atoms in total. The minimum absolute atomic E-state index is 0.343. The van der Waals surface area contributed by atoms with Crippen LogP contribution in [0, 0.1) is 5.92 Å². The van der Waals surface area contributed by atoms with E-state index in [1.165, 1.54) is 18.4 Å². The van der Waals surface area contributed by atoms with Crippen molar-refractivity contribution in [2.45, 2.75) is 38.5 Å². The van der Waals surface area contributed by atoms with Gasteiger partial charge in [-0.05, 0) is 44.1 Å². The minimum atomic E-state index is 0.343. The van der Waals surface area contributed by atoms with Crippen molar-refractivity contribution < 1.29 is 4.79 Å². The average molecular weight is 176 g/mol. The van der Waals surface area contributed by atoms with E-state index >= 15 is 0 Å². The fourth-order valence-corrected chi connectivity index (χ4v) is 2.25. The molecule has 0 aromatic carbocycles. The summed E-state index contributed by atoms with van der Waals surface area (Å²) in [6.45, 7) is 0. The Balaban J connectivity index is 2.16. The molecule has 0 saturated heterocycles. The van der Waals surface area contributed by atoms with E-state index in [0.717, 1.165) is 25.7 Å². The van der Waals surface area contributed by atoms with Gasteiger partial charge in [-0.3, -0.25) is 4.79 Å². The third-order valence-corrected chi connectivity index (χ3v) is 3.03. The first-order chi connectivity index (χ1) is 6.36. The van der Waals surface area contributed by atoms with Crippen LogP contribution in [0.1, 0.15) is 38.5 Å². The molecule has 0 aromatic heterocycles. The van der Waals surface area contributed by atoms with Crippen molar-refractivity contribution in [3.63, 3.8) is 0 Å². The normalized spacial score (nSPS) is 31.2. The van der Waals surface area contributed by atoms with Gasteiger partial charge < -0.3 is 0 Å². The molecule has 1 heteroatoms. The van der Waals surface area contributed by atoms with Crippen LogP contribution in [0.15, 0.2) is 23.8 Å². The fourth-order valence-electron chi connectivity index (χ4n) is 2.25. The van der Waals surface area contributed by atoms with E-state index in [1.54, 1.807) is 0 Å². The maximum atomic E-state index is 11.2. The van der Waals surface area contributed by atoms with Crippen molar-refractivity contribution in [3.05, 3.63) is 23.8 Å². The molecule has 0 radical (unpaired) electrons. The first-order valence-corrected chi connectivity index (χ1v) is 5.24. The molecule has 1 atom stereocenters. The second-order valence-corrected chi connectivity index (χ2v) is 4.02. The monoisotopic (exact) mass is 176 g/mol. The summed E-state index contributed by atoms with van der Waals surface area (Å²) in [5, 5.41) is 0. The Labute approximate surface area is 79.5 Å². The predicted octanol–water partition coefficient (Wildman–Crippen LogP) is 3.02. The van der Waals surface area contributed by atoms with E-state index in [9.17, 15) is 4.79 Å². The van der Waals surface area contributed by atoms with Gasteiger partial charge in [-0.25, -0.2) is 0 Å². The van der Waals surface area contributed by atoms with Crippen LogP contribution in [-0.2, 0) is 4.79 Å². The molecule has 0 spiro atoms. The van der Waals surface area contributed by atoms with Gasteiger partial charge in [-0.2, -0.15) is 0 Å². The number of allylic oxidation sites excluding steroid dienone is 4. The van der Waals surface area contributed by atoms with E-state index in [2.05, 4.69) is 12.2 Å². The van der Waals surface area contributed by atoms with Crippen molar-refractivity contribution in [1.29, 1.82) is 0 Å². The van der Waals surface area contributed by atoms with Crippen LogP contribution in [0.3, 0.4) is 0 Å². The number of hydrogen-bond acceptors (Lipinski definition) is 1. The van der Waals surface area contributed by atoms with Gasteiger partial charge in [0.15, 0.2) is 5.78 Å². The Morgan fingerprint density at radius 1 is 1.23 bits per heavy atom. The summed E-state index contributed by atoms with van der Waals surface area (Å²) in [7, 11) is 0. The number of hydrogen-bond donors (Lipinski definition) is 0. The number of carbonyl (C=O) groups excluding carboxylic acids is 1. The Kier molecular flexibility index (Phi) is 2.62. The van der Waals surface area contributed by atoms with Gasteiger partial charge >= 0.3 is 0 Å². The second kappa shape index (κ2) is 3.91. The molecular formula is C12H16O. The Morgan fingerprint density at radius 3 is 3.08 bits per heavy atom. The van der Waals surface area contributed by atoms with Crippen LogP contribution >= 0.6 is 0 Å². The van der Waals surface area contributed by atoms with Gasteiger partial charge in [0.2, 0.25) is 0 Å². The predicted molar refractivity (Wildman–Crippen MR) is 53.4 cm³/mol. The zero-order chi connectivity index (χ0) is 9.10. The van der Waals surface area contributed by atoms with Crippen LogP contribution < -0.4 is 0 Å². The molecule has 70 valence electrons. The molecule has 13 heavy (non-hydrogen) atoms. The van der Waals surface area contributed by atoms with Gasteiger partial charge in [0.05, 0.1) is 0 Å². The van der Waals surface area contributed by atoms with Gasteiger partial charge in [-0.15, -0.1) is 0 Å². The Hall–Kier alpha value is -0.850. The molecule has 0 unspecified atom stereocenters. The van der Waals surface area contributed by atoms with Crippen LogP contribution in [0.25, 0.3) is 0 Å². The maximum Gasteiger partial charge on any atom is 0.155 e. The fraction of sp³-hybridized carbons (Fsp3) is 0.583. The van der Waals surface area contributed by atoms with E-state index in [1.807, 2.05) is 6.08 Å². The smallest absolute Gasteiger partial charge is 0.155 e. The molecule has 0 aromatic rings. The number of fused-ring (bicyclic) bond motifs is 1. The average Bonchev–Trinajstić information content (AvgIpc) is 2.08. The molecule has 0 bridgehead atoms. The molecule has 0 N–H and O–H groups in total. The van der Waals surface area contributed by atoms with E-state index in [0.29, 0.717) is 11.7 Å². The van der Waals surface area contributed by atoms with E-state index < -0.39 is 0 Å². The Bertz CT molecular complexity index is 260. The molecule has 0 aliphatic heterocycles. The van der Waals surface area contributed by atoms with Gasteiger partial charge in [0.25, 0.3) is 0 Å². The SMILES string of the molecule is O=C1C=C2CCC/C=C\C[C@H]2CC1. The molecule has 2 rings (SSSR count). The molecule has 2 aliphatic rings. The quantitative estimate of drug-likeness (QED) is 0.518. The zero-order valence-electron chi connectivity index (χ0n) is 7.96. The van der Waals surface area contributed by atoms with Crippen molar-refractivity contribution in [1.82, 2.24) is 0 Å². The topological polar surface area (TPSA) is 17.1 Å². The van der Waals surface area contributed by atoms with Gasteiger partial charge in [0.1, 0.15) is 0 Å². The van der Waals surface area contributed by atoms with E-state index in [-0.39, 0.29) is 0 Å². The molecule has 2 aliphatic carbocycles. The lowest BCUT2D eigenvalue weighted by Crippen LogP contribution is -2.14. The summed E-state index contributed by atoms with van der Waals surface area (Å²) in [4.78, 5) is 11.2. The molecule has 0 heterocycles. The summed E-state index contributed by atoms with van der Waals surface area (Å²) in [6, 6.07) is 0. The first kappa shape index (κ1) is 8.74. The number of ketones is 1. The highest BCUT2D eigenvalue weighted by molar-refractivity contribution is 5.91. The summed E-state index contributed by atoms with van der Waals surface area (Å²) >= 11 is 0. The zero-order valence-corrected chi connectivity index (χ0v) is 7.96. The first-order valence-electron chi connectivity index (χ1n) is 5.24. The molecule has 0 saturated carbocycles. The lowest BCUT2D eigenvalue weighted by atomic mass is 9.81. The van der Waals surface area contributed by atoms with Crippen LogP contribution in [-0.4, -0.2) is 5.78 Å². The third-order valence-electron chi connectivity index (χ3n) is 3.03. The van der Waals surface area contributed by atoms with Gasteiger partial charge in [0, 0.05) is 6.42 Å². The summed E-state index contributed by atoms with van der Waals surface area (Å²) in [5.41, 5.74) is 1.42. The summed E-state index contributed by atoms with van der Waals surface area (Å²) < 4.78 is 0. The third kappa shape index (κ3) is 2.09. The largest absolute Gasteiger partial charge is 0.295 e. The standard InChI is InChI=1S/C12H16O/c13-12-8-7-10-5-3-1-2-4-6-11(10)9-12/h1,3,9-10H,2,4-8H2/b3-1-/t10-/m0/s1.